The average Bonchev–Trinajstić information content (AvgIpc) is 2.67. The Bertz CT molecular complexity index is 413. The summed E-state index contributed by atoms with van der Waals surface area (Å²) >= 11 is 1.70. The maximum atomic E-state index is 5.53. The van der Waals surface area contributed by atoms with Crippen LogP contribution in [-0.2, 0) is 0 Å². The maximum absolute atomic E-state index is 5.53. The number of rotatable bonds is 4. The third-order valence-electron chi connectivity index (χ3n) is 1.93. The molecule has 0 unspecified atom stereocenters. The molecule has 0 aliphatic rings. The summed E-state index contributed by atoms with van der Waals surface area (Å²) in [6.07, 6.45) is 2.64. The fourth-order valence-electron chi connectivity index (χ4n) is 1.24. The normalized spacial score (nSPS) is 10.6. The van der Waals surface area contributed by atoms with Crippen molar-refractivity contribution < 1.29 is 4.74 Å². The van der Waals surface area contributed by atoms with Gasteiger partial charge in [-0.05, 0) is 30.5 Å². The average molecular weight is 208 g/mol. The molecule has 3 nitrogen and oxygen atoms in total. The van der Waals surface area contributed by atoms with Crippen LogP contribution in [0, 0.1) is 0 Å². The molecule has 14 heavy (non-hydrogen) atoms. The van der Waals surface area contributed by atoms with Crippen molar-refractivity contribution >= 4 is 21.4 Å². The molecule has 0 amide bonds. The molecule has 0 aliphatic heterocycles. The molecule has 2 heterocycles. The highest BCUT2D eigenvalue weighted by atomic mass is 32.1. The highest BCUT2D eigenvalue weighted by Gasteiger charge is 2.03. The highest BCUT2D eigenvalue weighted by molar-refractivity contribution is 7.17. The molecule has 74 valence electrons. The zero-order valence-corrected chi connectivity index (χ0v) is 8.59. The molecule has 0 fully saturated rings. The van der Waals surface area contributed by atoms with Gasteiger partial charge in [0.05, 0.1) is 12.0 Å². The number of pyridine rings is 1. The van der Waals surface area contributed by atoms with E-state index in [1.807, 2.05) is 17.5 Å². The van der Waals surface area contributed by atoms with E-state index in [1.54, 1.807) is 17.5 Å². The fraction of sp³-hybridized carbons (Fsp3) is 0.300. The first kappa shape index (κ1) is 9.43. The molecule has 0 radical (unpaired) electrons. The van der Waals surface area contributed by atoms with Crippen molar-refractivity contribution in [2.75, 3.05) is 13.2 Å². The van der Waals surface area contributed by atoms with Crippen LogP contribution in [0.4, 0.5) is 0 Å². The van der Waals surface area contributed by atoms with E-state index < -0.39 is 0 Å². The fourth-order valence-corrected chi connectivity index (χ4v) is 2.01. The maximum Gasteiger partial charge on any atom is 0.222 e. The van der Waals surface area contributed by atoms with Crippen LogP contribution >= 0.6 is 11.3 Å². The summed E-state index contributed by atoms with van der Waals surface area (Å²) in [7, 11) is 0. The predicted octanol–water partition coefficient (Wildman–Crippen LogP) is 2.02. The molecule has 0 aromatic carbocycles. The monoisotopic (exact) mass is 208 g/mol. The number of nitrogens with two attached hydrogens (primary N) is 1. The summed E-state index contributed by atoms with van der Waals surface area (Å²) in [4.78, 5) is 4.19. The number of fused-ring (bicyclic) bond motifs is 1. The van der Waals surface area contributed by atoms with Crippen LogP contribution in [0.3, 0.4) is 0 Å². The van der Waals surface area contributed by atoms with Crippen LogP contribution < -0.4 is 10.5 Å². The topological polar surface area (TPSA) is 48.1 Å². The Morgan fingerprint density at radius 2 is 2.36 bits per heavy atom. The van der Waals surface area contributed by atoms with Crippen LogP contribution in [0.1, 0.15) is 6.42 Å². The van der Waals surface area contributed by atoms with E-state index in [0.717, 1.165) is 17.7 Å². The van der Waals surface area contributed by atoms with Crippen molar-refractivity contribution in [1.29, 1.82) is 0 Å². The summed E-state index contributed by atoms with van der Waals surface area (Å²) in [6, 6.07) is 4.03. The van der Waals surface area contributed by atoms with Gasteiger partial charge in [0.15, 0.2) is 0 Å². The first-order chi connectivity index (χ1) is 6.92. The Kier molecular flexibility index (Phi) is 2.96. The van der Waals surface area contributed by atoms with E-state index in [0.29, 0.717) is 13.2 Å². The van der Waals surface area contributed by atoms with Crippen LogP contribution in [0.5, 0.6) is 5.88 Å². The predicted molar refractivity (Wildman–Crippen MR) is 58.8 cm³/mol. The minimum Gasteiger partial charge on any atom is -0.477 e. The Morgan fingerprint density at radius 1 is 1.43 bits per heavy atom. The van der Waals surface area contributed by atoms with E-state index in [-0.39, 0.29) is 0 Å². The van der Waals surface area contributed by atoms with Crippen molar-refractivity contribution in [3.63, 3.8) is 0 Å². The molecule has 4 heteroatoms. The van der Waals surface area contributed by atoms with Gasteiger partial charge in [0.1, 0.15) is 0 Å². The molecule has 2 rings (SSSR count). The summed E-state index contributed by atoms with van der Waals surface area (Å²) in [5.41, 5.74) is 5.39. The zero-order valence-electron chi connectivity index (χ0n) is 7.77. The number of aromatic nitrogens is 1. The van der Waals surface area contributed by atoms with Crippen LogP contribution in [0.15, 0.2) is 23.7 Å². The molecule has 2 N–H and O–H groups in total. The zero-order chi connectivity index (χ0) is 9.80. The van der Waals surface area contributed by atoms with Gasteiger partial charge >= 0.3 is 0 Å². The van der Waals surface area contributed by atoms with Crippen LogP contribution in [-0.4, -0.2) is 18.1 Å². The smallest absolute Gasteiger partial charge is 0.222 e. The van der Waals surface area contributed by atoms with Gasteiger partial charge in [0.2, 0.25) is 5.88 Å². The second-order valence-corrected chi connectivity index (χ2v) is 3.89. The second kappa shape index (κ2) is 4.39. The Labute approximate surface area is 86.5 Å². The summed E-state index contributed by atoms with van der Waals surface area (Å²) in [6.45, 7) is 1.29. The first-order valence-electron chi connectivity index (χ1n) is 4.57. The van der Waals surface area contributed by atoms with Crippen LogP contribution in [0.2, 0.25) is 0 Å². The summed E-state index contributed by atoms with van der Waals surface area (Å²) < 4.78 is 6.74. The molecule has 0 aliphatic carbocycles. The molecular weight excluding hydrogens is 196 g/mol. The third-order valence-corrected chi connectivity index (χ3v) is 2.81. The molecule has 0 saturated carbocycles. The first-order valence-corrected chi connectivity index (χ1v) is 5.45. The van der Waals surface area contributed by atoms with E-state index in [2.05, 4.69) is 4.98 Å². The van der Waals surface area contributed by atoms with Gasteiger partial charge < -0.3 is 10.5 Å². The Morgan fingerprint density at radius 3 is 3.21 bits per heavy atom. The molecule has 0 spiro atoms. The van der Waals surface area contributed by atoms with Crippen molar-refractivity contribution in [2.45, 2.75) is 6.42 Å². The number of hydrogen-bond donors (Lipinski definition) is 1. The summed E-state index contributed by atoms with van der Waals surface area (Å²) in [5.74, 6) is 0.720. The quantitative estimate of drug-likeness (QED) is 0.782. The molecular formula is C10H12N2OS. The Hall–Kier alpha value is -1.13. The minimum absolute atomic E-state index is 0.637. The van der Waals surface area contributed by atoms with Crippen molar-refractivity contribution in [3.8, 4) is 5.88 Å². The lowest BCUT2D eigenvalue weighted by atomic mass is 10.3. The standard InChI is InChI=1S/C10H12N2OS/c11-4-1-6-13-10-8-3-7-14-9(8)2-5-12-10/h2-3,5,7H,1,4,6,11H2. The van der Waals surface area contributed by atoms with Gasteiger partial charge in [-0.3, -0.25) is 0 Å². The summed E-state index contributed by atoms with van der Waals surface area (Å²) in [5, 5.41) is 3.14. The SMILES string of the molecule is NCCCOc1nccc2sccc12. The van der Waals surface area contributed by atoms with Gasteiger partial charge in [-0.15, -0.1) is 11.3 Å². The molecule has 0 atom stereocenters. The second-order valence-electron chi connectivity index (χ2n) is 2.94. The van der Waals surface area contributed by atoms with E-state index in [9.17, 15) is 0 Å². The van der Waals surface area contributed by atoms with Gasteiger partial charge in [-0.25, -0.2) is 4.98 Å². The Balaban J connectivity index is 2.19. The number of nitrogens with zero attached hydrogens (tertiary/aromatic N) is 1. The van der Waals surface area contributed by atoms with Crippen molar-refractivity contribution in [1.82, 2.24) is 4.98 Å². The molecule has 0 saturated heterocycles. The van der Waals surface area contributed by atoms with Gasteiger partial charge in [-0.2, -0.15) is 0 Å². The van der Waals surface area contributed by atoms with Gasteiger partial charge in [0.25, 0.3) is 0 Å². The number of thiophene rings is 1. The van der Waals surface area contributed by atoms with Crippen molar-refractivity contribution in [3.05, 3.63) is 23.7 Å². The lowest BCUT2D eigenvalue weighted by Crippen LogP contribution is -2.06. The molecule has 2 aromatic heterocycles. The van der Waals surface area contributed by atoms with Gasteiger partial charge in [0, 0.05) is 10.9 Å². The number of ether oxygens (including phenoxy) is 1. The minimum atomic E-state index is 0.637. The third kappa shape index (κ3) is 1.86. The van der Waals surface area contributed by atoms with Crippen molar-refractivity contribution in [2.24, 2.45) is 5.73 Å². The largest absolute Gasteiger partial charge is 0.477 e. The van der Waals surface area contributed by atoms with Crippen LogP contribution in [0.25, 0.3) is 10.1 Å². The molecule has 2 aromatic rings. The lowest BCUT2D eigenvalue weighted by Gasteiger charge is -2.04. The lowest BCUT2D eigenvalue weighted by molar-refractivity contribution is 0.305. The van der Waals surface area contributed by atoms with E-state index in [1.165, 1.54) is 4.70 Å². The molecule has 0 bridgehead atoms. The van der Waals surface area contributed by atoms with Gasteiger partial charge in [-0.1, -0.05) is 0 Å². The number of hydrogen-bond acceptors (Lipinski definition) is 4. The van der Waals surface area contributed by atoms with E-state index >= 15 is 0 Å². The highest BCUT2D eigenvalue weighted by Crippen LogP contribution is 2.27. The van der Waals surface area contributed by atoms with E-state index in [4.69, 9.17) is 10.5 Å².